The zero-order chi connectivity index (χ0) is 12.4. The Morgan fingerprint density at radius 3 is 2.82 bits per heavy atom. The summed E-state index contributed by atoms with van der Waals surface area (Å²) >= 11 is 5.72. The molecule has 0 atom stereocenters. The number of carbonyl (C=O) groups excluding carboxylic acids is 1. The fourth-order valence-corrected chi connectivity index (χ4v) is 1.65. The molecule has 0 aromatic carbocycles. The Morgan fingerprint density at radius 2 is 2.24 bits per heavy atom. The molecular formula is C11H10ClN3O2. The van der Waals surface area contributed by atoms with E-state index in [-0.39, 0.29) is 5.91 Å². The van der Waals surface area contributed by atoms with Crippen molar-refractivity contribution in [3.8, 4) is 0 Å². The Morgan fingerprint density at radius 1 is 1.47 bits per heavy atom. The van der Waals surface area contributed by atoms with Crippen LogP contribution >= 0.6 is 11.6 Å². The second kappa shape index (κ2) is 4.55. The highest BCUT2D eigenvalue weighted by molar-refractivity contribution is 6.29. The van der Waals surface area contributed by atoms with E-state index in [9.17, 15) is 4.79 Å². The lowest BCUT2D eigenvalue weighted by molar-refractivity contribution is 0.102. The van der Waals surface area contributed by atoms with Gasteiger partial charge in [-0.25, -0.2) is 4.98 Å². The summed E-state index contributed by atoms with van der Waals surface area (Å²) in [6.07, 6.45) is 1.52. The van der Waals surface area contributed by atoms with Crippen LogP contribution in [0.15, 0.2) is 22.9 Å². The molecule has 1 N–H and O–H groups in total. The summed E-state index contributed by atoms with van der Waals surface area (Å²) < 4.78 is 4.93. The van der Waals surface area contributed by atoms with Gasteiger partial charge in [0.25, 0.3) is 5.91 Å². The summed E-state index contributed by atoms with van der Waals surface area (Å²) in [5, 5.41) is 6.75. The molecule has 0 spiro atoms. The van der Waals surface area contributed by atoms with Crippen molar-refractivity contribution in [2.75, 3.05) is 5.32 Å². The molecule has 1 amide bonds. The highest BCUT2D eigenvalue weighted by Gasteiger charge is 2.17. The first kappa shape index (κ1) is 11.6. The number of hydrogen-bond acceptors (Lipinski definition) is 4. The zero-order valence-corrected chi connectivity index (χ0v) is 10.1. The molecule has 5 nitrogen and oxygen atoms in total. The van der Waals surface area contributed by atoms with E-state index < -0.39 is 0 Å². The molecule has 0 aliphatic carbocycles. The van der Waals surface area contributed by atoms with Crippen molar-refractivity contribution < 1.29 is 9.32 Å². The average Bonchev–Trinajstić information content (AvgIpc) is 2.58. The lowest BCUT2D eigenvalue weighted by Gasteiger charge is -2.04. The molecule has 0 unspecified atom stereocenters. The standard InChI is InChI=1S/C11H10ClN3O2/c1-6-10(7(2)17-15-6)11(16)14-8-3-4-13-9(12)5-8/h3-5H,1-2H3,(H,13,14,16). The first-order chi connectivity index (χ1) is 8.08. The summed E-state index contributed by atoms with van der Waals surface area (Å²) in [6.45, 7) is 3.40. The maximum Gasteiger partial charge on any atom is 0.261 e. The first-order valence-electron chi connectivity index (χ1n) is 4.93. The number of nitrogens with one attached hydrogen (secondary N) is 1. The average molecular weight is 252 g/mol. The van der Waals surface area contributed by atoms with Crippen LogP contribution in [0.1, 0.15) is 21.8 Å². The van der Waals surface area contributed by atoms with Gasteiger partial charge in [0.05, 0.1) is 5.69 Å². The van der Waals surface area contributed by atoms with Gasteiger partial charge in [-0.15, -0.1) is 0 Å². The van der Waals surface area contributed by atoms with E-state index in [1.165, 1.54) is 6.20 Å². The second-order valence-electron chi connectivity index (χ2n) is 3.52. The molecule has 88 valence electrons. The molecule has 0 fully saturated rings. The van der Waals surface area contributed by atoms with Crippen molar-refractivity contribution in [1.82, 2.24) is 10.1 Å². The van der Waals surface area contributed by atoms with E-state index in [4.69, 9.17) is 16.1 Å². The van der Waals surface area contributed by atoms with Gasteiger partial charge < -0.3 is 9.84 Å². The molecule has 0 radical (unpaired) electrons. The smallest absolute Gasteiger partial charge is 0.261 e. The Bertz CT molecular complexity index is 546. The largest absolute Gasteiger partial charge is 0.361 e. The van der Waals surface area contributed by atoms with Crippen LogP contribution in [0.3, 0.4) is 0 Å². The molecule has 2 aromatic rings. The van der Waals surface area contributed by atoms with E-state index in [2.05, 4.69) is 15.5 Å². The first-order valence-corrected chi connectivity index (χ1v) is 5.31. The highest BCUT2D eigenvalue weighted by Crippen LogP contribution is 2.16. The zero-order valence-electron chi connectivity index (χ0n) is 9.32. The predicted molar refractivity (Wildman–Crippen MR) is 63.2 cm³/mol. The third-order valence-electron chi connectivity index (χ3n) is 2.24. The van der Waals surface area contributed by atoms with Gasteiger partial charge in [-0.05, 0) is 26.0 Å². The second-order valence-corrected chi connectivity index (χ2v) is 3.91. The predicted octanol–water partition coefficient (Wildman–Crippen LogP) is 2.59. The van der Waals surface area contributed by atoms with Crippen LogP contribution in [-0.2, 0) is 0 Å². The third kappa shape index (κ3) is 2.45. The van der Waals surface area contributed by atoms with Gasteiger partial charge in [0.15, 0.2) is 0 Å². The number of aryl methyl sites for hydroxylation is 2. The Balaban J connectivity index is 2.23. The van der Waals surface area contributed by atoms with Crippen LogP contribution in [0.5, 0.6) is 0 Å². The van der Waals surface area contributed by atoms with Crippen LogP contribution in [0.25, 0.3) is 0 Å². The Labute approximate surface area is 103 Å². The third-order valence-corrected chi connectivity index (χ3v) is 2.45. The minimum absolute atomic E-state index is 0.275. The fraction of sp³-hybridized carbons (Fsp3) is 0.182. The number of carbonyl (C=O) groups is 1. The van der Waals surface area contributed by atoms with Gasteiger partial charge in [-0.1, -0.05) is 16.8 Å². The van der Waals surface area contributed by atoms with Crippen molar-refractivity contribution >= 4 is 23.2 Å². The lowest BCUT2D eigenvalue weighted by atomic mass is 10.2. The number of hydrogen-bond donors (Lipinski definition) is 1. The number of rotatable bonds is 2. The van der Waals surface area contributed by atoms with E-state index in [1.807, 2.05) is 0 Å². The number of aromatic nitrogens is 2. The molecule has 2 aromatic heterocycles. The maximum absolute atomic E-state index is 12.0. The van der Waals surface area contributed by atoms with E-state index in [0.29, 0.717) is 27.9 Å². The molecule has 0 aliphatic rings. The minimum Gasteiger partial charge on any atom is -0.361 e. The van der Waals surface area contributed by atoms with Crippen LogP contribution in [0.4, 0.5) is 5.69 Å². The molecule has 2 heterocycles. The van der Waals surface area contributed by atoms with Gasteiger partial charge >= 0.3 is 0 Å². The number of halogens is 1. The van der Waals surface area contributed by atoms with Crippen molar-refractivity contribution in [1.29, 1.82) is 0 Å². The minimum atomic E-state index is -0.275. The molecule has 0 aliphatic heterocycles. The SMILES string of the molecule is Cc1noc(C)c1C(=O)Nc1ccnc(Cl)c1. The summed E-state index contributed by atoms with van der Waals surface area (Å²) in [4.78, 5) is 15.8. The molecule has 17 heavy (non-hydrogen) atoms. The summed E-state index contributed by atoms with van der Waals surface area (Å²) in [7, 11) is 0. The van der Waals surface area contributed by atoms with Crippen LogP contribution in [0.2, 0.25) is 5.15 Å². The highest BCUT2D eigenvalue weighted by atomic mass is 35.5. The van der Waals surface area contributed by atoms with Crippen molar-refractivity contribution in [2.24, 2.45) is 0 Å². The van der Waals surface area contributed by atoms with Crippen molar-refractivity contribution in [3.63, 3.8) is 0 Å². The summed E-state index contributed by atoms with van der Waals surface area (Å²) in [5.41, 5.74) is 1.58. The normalized spacial score (nSPS) is 10.3. The van der Waals surface area contributed by atoms with Gasteiger partial charge in [-0.3, -0.25) is 4.79 Å². The van der Waals surface area contributed by atoms with Crippen molar-refractivity contribution in [2.45, 2.75) is 13.8 Å². The van der Waals surface area contributed by atoms with E-state index >= 15 is 0 Å². The molecule has 6 heteroatoms. The molecule has 0 bridgehead atoms. The van der Waals surface area contributed by atoms with E-state index in [0.717, 1.165) is 0 Å². The van der Waals surface area contributed by atoms with Gasteiger partial charge in [0.2, 0.25) is 0 Å². The Hall–Kier alpha value is -1.88. The number of pyridine rings is 1. The lowest BCUT2D eigenvalue weighted by Crippen LogP contribution is -2.13. The summed E-state index contributed by atoms with van der Waals surface area (Å²) in [6, 6.07) is 3.22. The van der Waals surface area contributed by atoms with Gasteiger partial charge in [0.1, 0.15) is 16.5 Å². The van der Waals surface area contributed by atoms with Gasteiger partial charge in [0, 0.05) is 11.9 Å². The number of anilines is 1. The topological polar surface area (TPSA) is 68.0 Å². The maximum atomic E-state index is 12.0. The molecular weight excluding hydrogens is 242 g/mol. The molecule has 0 saturated carbocycles. The van der Waals surface area contributed by atoms with Crippen molar-refractivity contribution in [3.05, 3.63) is 40.5 Å². The van der Waals surface area contributed by atoms with Gasteiger partial charge in [-0.2, -0.15) is 0 Å². The monoisotopic (exact) mass is 251 g/mol. The fourth-order valence-electron chi connectivity index (χ4n) is 1.48. The summed E-state index contributed by atoms with van der Waals surface area (Å²) in [5.74, 6) is 0.212. The molecule has 2 rings (SSSR count). The molecule has 0 saturated heterocycles. The van der Waals surface area contributed by atoms with Crippen LogP contribution in [0, 0.1) is 13.8 Å². The quantitative estimate of drug-likeness (QED) is 0.833. The number of amides is 1. The van der Waals surface area contributed by atoms with Crippen LogP contribution < -0.4 is 5.32 Å². The number of nitrogens with zero attached hydrogens (tertiary/aromatic N) is 2. The Kier molecular flexibility index (Phi) is 3.10. The van der Waals surface area contributed by atoms with Crippen LogP contribution in [-0.4, -0.2) is 16.0 Å². The van der Waals surface area contributed by atoms with E-state index in [1.54, 1.807) is 26.0 Å².